The fourth-order valence-electron chi connectivity index (χ4n) is 2.88. The molecule has 1 aliphatic rings. The number of Topliss-reactive ketones (excluding diaryl/α,β-unsaturated/α-hetero) is 1. The van der Waals surface area contributed by atoms with Crippen LogP contribution in [0.5, 0.6) is 5.75 Å². The maximum absolute atomic E-state index is 12.4. The summed E-state index contributed by atoms with van der Waals surface area (Å²) in [5.41, 5.74) is 3.62. The van der Waals surface area contributed by atoms with Crippen molar-refractivity contribution in [2.24, 2.45) is 0 Å². The van der Waals surface area contributed by atoms with Crippen LogP contribution < -0.4 is 0 Å². The number of hydrogen-bond donors (Lipinski definition) is 1. The zero-order valence-electron chi connectivity index (χ0n) is 12.8. The molecule has 116 valence electrons. The summed E-state index contributed by atoms with van der Waals surface area (Å²) in [7, 11) is 0. The fraction of sp³-hybridized carbons (Fsp3) is 0.0500. The molecule has 1 N–H and O–H groups in total. The van der Waals surface area contributed by atoms with Crippen LogP contribution in [-0.2, 0) is 6.42 Å². The monoisotopic (exact) mass is 314 g/mol. The van der Waals surface area contributed by atoms with Crippen LogP contribution in [0.1, 0.15) is 21.5 Å². The van der Waals surface area contributed by atoms with Crippen LogP contribution in [0.25, 0.3) is 17.5 Å². The first kappa shape index (κ1) is 14.3. The summed E-state index contributed by atoms with van der Waals surface area (Å²) in [5, 5.41) is 9.89. The Balaban J connectivity index is 1.63. The highest BCUT2D eigenvalue weighted by molar-refractivity contribution is 6.16. The number of phenols is 1. The molecule has 0 amide bonds. The molecule has 0 spiro atoms. The van der Waals surface area contributed by atoms with Crippen LogP contribution in [0.2, 0.25) is 0 Å². The largest absolute Gasteiger partial charge is 0.508 e. The second-order valence-corrected chi connectivity index (χ2v) is 5.68. The molecule has 4 rings (SSSR count). The Hall–Kier alpha value is -3.27. The highest BCUT2D eigenvalue weighted by Gasteiger charge is 2.26. The Bertz CT molecular complexity index is 945. The predicted molar refractivity (Wildman–Crippen MR) is 91.6 cm³/mol. The van der Waals surface area contributed by atoms with Crippen molar-refractivity contribution in [1.29, 1.82) is 0 Å². The van der Waals surface area contributed by atoms with Crippen molar-refractivity contribution in [2.75, 3.05) is 0 Å². The third kappa shape index (κ3) is 2.48. The van der Waals surface area contributed by atoms with Crippen LogP contribution in [0.15, 0.2) is 66.5 Å². The zero-order chi connectivity index (χ0) is 16.5. The van der Waals surface area contributed by atoms with E-state index >= 15 is 0 Å². The van der Waals surface area contributed by atoms with Crippen molar-refractivity contribution in [2.45, 2.75) is 6.42 Å². The molecule has 0 unspecified atom stereocenters. The number of hydrogen-bond acceptors (Lipinski definition) is 4. The van der Waals surface area contributed by atoms with Gasteiger partial charge in [0, 0.05) is 46.6 Å². The number of aromatic nitrogens is 2. The Morgan fingerprint density at radius 1 is 0.958 bits per heavy atom. The summed E-state index contributed by atoms with van der Waals surface area (Å²) in [5.74, 6) is 0.768. The quantitative estimate of drug-likeness (QED) is 0.733. The van der Waals surface area contributed by atoms with Crippen molar-refractivity contribution < 1.29 is 9.90 Å². The molecule has 0 fully saturated rings. The van der Waals surface area contributed by atoms with Crippen molar-refractivity contribution in [1.82, 2.24) is 9.97 Å². The first-order valence-electron chi connectivity index (χ1n) is 7.66. The number of carbonyl (C=O) groups is 1. The number of phenolic OH excluding ortho intramolecular Hbond substituents is 1. The molecule has 0 atom stereocenters. The molecule has 0 bridgehead atoms. The van der Waals surface area contributed by atoms with Crippen LogP contribution in [0, 0.1) is 0 Å². The van der Waals surface area contributed by atoms with Crippen LogP contribution in [0.3, 0.4) is 0 Å². The standard InChI is InChI=1S/C20H14N2O2/c23-18-8-4-7-16-17(18)10-15(19(16)24)9-13-11-21-20(22-12-13)14-5-2-1-3-6-14/h1-9,11-12,23H,10H2/b15-9+. The number of fused-ring (bicyclic) bond motifs is 1. The lowest BCUT2D eigenvalue weighted by Gasteiger charge is -2.00. The Kier molecular flexibility index (Phi) is 3.43. The van der Waals surface area contributed by atoms with E-state index in [1.54, 1.807) is 36.7 Å². The second kappa shape index (κ2) is 5.74. The van der Waals surface area contributed by atoms with Gasteiger partial charge in [0.2, 0.25) is 0 Å². The average Bonchev–Trinajstić information content (AvgIpc) is 2.94. The van der Waals surface area contributed by atoms with Gasteiger partial charge in [-0.25, -0.2) is 9.97 Å². The van der Waals surface area contributed by atoms with E-state index in [1.165, 1.54) is 0 Å². The molecular weight excluding hydrogens is 300 g/mol. The maximum Gasteiger partial charge on any atom is 0.189 e. The molecular formula is C20H14N2O2. The molecule has 4 nitrogen and oxygen atoms in total. The van der Waals surface area contributed by atoms with Gasteiger partial charge in [0.05, 0.1) is 0 Å². The lowest BCUT2D eigenvalue weighted by Crippen LogP contribution is -1.96. The predicted octanol–water partition coefficient (Wildman–Crippen LogP) is 3.67. The van der Waals surface area contributed by atoms with E-state index in [0.29, 0.717) is 28.9 Å². The van der Waals surface area contributed by atoms with Gasteiger partial charge in [-0.3, -0.25) is 4.79 Å². The van der Waals surface area contributed by atoms with Gasteiger partial charge in [-0.05, 0) is 12.1 Å². The number of aromatic hydroxyl groups is 1. The minimum absolute atomic E-state index is 0.0481. The summed E-state index contributed by atoms with van der Waals surface area (Å²) >= 11 is 0. The molecule has 0 radical (unpaired) electrons. The molecule has 1 aliphatic carbocycles. The molecule has 24 heavy (non-hydrogen) atoms. The van der Waals surface area contributed by atoms with Crippen LogP contribution in [-0.4, -0.2) is 20.9 Å². The maximum atomic E-state index is 12.4. The van der Waals surface area contributed by atoms with Crippen LogP contribution >= 0.6 is 0 Å². The van der Waals surface area contributed by atoms with Gasteiger partial charge in [-0.15, -0.1) is 0 Å². The van der Waals surface area contributed by atoms with E-state index in [0.717, 1.165) is 11.1 Å². The van der Waals surface area contributed by atoms with Gasteiger partial charge in [-0.2, -0.15) is 0 Å². The number of nitrogens with zero attached hydrogens (tertiary/aromatic N) is 2. The summed E-state index contributed by atoms with van der Waals surface area (Å²) < 4.78 is 0. The highest BCUT2D eigenvalue weighted by atomic mass is 16.3. The third-order valence-electron chi connectivity index (χ3n) is 4.10. The zero-order valence-corrected chi connectivity index (χ0v) is 12.8. The molecule has 1 aromatic heterocycles. The van der Waals surface area contributed by atoms with E-state index in [2.05, 4.69) is 9.97 Å². The molecule has 0 aliphatic heterocycles. The van der Waals surface area contributed by atoms with E-state index in [1.807, 2.05) is 30.3 Å². The Labute approximate surface area is 139 Å². The van der Waals surface area contributed by atoms with E-state index < -0.39 is 0 Å². The topological polar surface area (TPSA) is 63.1 Å². The molecule has 3 aromatic rings. The molecule has 0 saturated carbocycles. The number of ketones is 1. The first-order valence-corrected chi connectivity index (χ1v) is 7.66. The van der Waals surface area contributed by atoms with Gasteiger partial charge >= 0.3 is 0 Å². The molecule has 0 saturated heterocycles. The molecule has 4 heteroatoms. The lowest BCUT2D eigenvalue weighted by molar-refractivity contribution is 0.104. The summed E-state index contributed by atoms with van der Waals surface area (Å²) in [6.07, 6.45) is 5.63. The Morgan fingerprint density at radius 2 is 1.71 bits per heavy atom. The Morgan fingerprint density at radius 3 is 2.42 bits per heavy atom. The first-order chi connectivity index (χ1) is 11.7. The fourth-order valence-corrected chi connectivity index (χ4v) is 2.88. The van der Waals surface area contributed by atoms with Crippen molar-refractivity contribution >= 4 is 11.9 Å². The highest BCUT2D eigenvalue weighted by Crippen LogP contribution is 2.33. The SMILES string of the molecule is O=C1/C(=C/c2cnc(-c3ccccc3)nc2)Cc2c(O)cccc21. The third-order valence-corrected chi connectivity index (χ3v) is 4.10. The summed E-state index contributed by atoms with van der Waals surface area (Å²) in [4.78, 5) is 21.2. The van der Waals surface area contributed by atoms with E-state index in [-0.39, 0.29) is 11.5 Å². The van der Waals surface area contributed by atoms with Crippen molar-refractivity contribution in [3.05, 3.63) is 83.2 Å². The van der Waals surface area contributed by atoms with E-state index in [9.17, 15) is 9.90 Å². The number of benzene rings is 2. The summed E-state index contributed by atoms with van der Waals surface area (Å²) in [6, 6.07) is 14.8. The number of carbonyl (C=O) groups excluding carboxylic acids is 1. The van der Waals surface area contributed by atoms with Gasteiger partial charge in [0.15, 0.2) is 11.6 Å². The minimum Gasteiger partial charge on any atom is -0.508 e. The lowest BCUT2D eigenvalue weighted by atomic mass is 10.1. The number of rotatable bonds is 2. The van der Waals surface area contributed by atoms with E-state index in [4.69, 9.17) is 0 Å². The summed E-state index contributed by atoms with van der Waals surface area (Å²) in [6.45, 7) is 0. The van der Waals surface area contributed by atoms with Gasteiger partial charge in [0.1, 0.15) is 5.75 Å². The average molecular weight is 314 g/mol. The van der Waals surface area contributed by atoms with Crippen molar-refractivity contribution in [3.63, 3.8) is 0 Å². The van der Waals surface area contributed by atoms with Gasteiger partial charge in [-0.1, -0.05) is 42.5 Å². The normalized spacial score (nSPS) is 14.8. The van der Waals surface area contributed by atoms with Crippen LogP contribution in [0.4, 0.5) is 0 Å². The van der Waals surface area contributed by atoms with Crippen molar-refractivity contribution in [3.8, 4) is 17.1 Å². The molecule has 1 heterocycles. The smallest absolute Gasteiger partial charge is 0.189 e. The van der Waals surface area contributed by atoms with Gasteiger partial charge < -0.3 is 5.11 Å². The minimum atomic E-state index is -0.0481. The second-order valence-electron chi connectivity index (χ2n) is 5.68. The number of allylic oxidation sites excluding steroid dienone is 1. The van der Waals surface area contributed by atoms with Gasteiger partial charge in [0.25, 0.3) is 0 Å². The molecule has 2 aromatic carbocycles.